The van der Waals surface area contributed by atoms with Crippen LogP contribution < -0.4 is 10.2 Å². The second-order valence-corrected chi connectivity index (χ2v) is 8.97. The number of methoxy groups -OCH3 is 1. The molecule has 1 unspecified atom stereocenters. The van der Waals surface area contributed by atoms with Crippen molar-refractivity contribution in [2.45, 2.75) is 18.9 Å². The third kappa shape index (κ3) is 5.17. The van der Waals surface area contributed by atoms with E-state index in [-0.39, 0.29) is 17.5 Å². The van der Waals surface area contributed by atoms with Gasteiger partial charge in [0.15, 0.2) is 9.84 Å². The van der Waals surface area contributed by atoms with Gasteiger partial charge in [0.25, 0.3) is 0 Å². The van der Waals surface area contributed by atoms with Crippen LogP contribution in [0.3, 0.4) is 0 Å². The molecule has 0 aliphatic carbocycles. The molecule has 0 amide bonds. The van der Waals surface area contributed by atoms with E-state index in [0.29, 0.717) is 25.5 Å². The predicted octanol–water partition coefficient (Wildman–Crippen LogP) is 2.22. The first-order valence-corrected chi connectivity index (χ1v) is 10.9. The second kappa shape index (κ2) is 8.67. The zero-order chi connectivity index (χ0) is 19.3. The lowest BCUT2D eigenvalue weighted by molar-refractivity contribution is 0.197. The number of aromatic nitrogens is 2. The molecule has 7 nitrogen and oxygen atoms in total. The van der Waals surface area contributed by atoms with Crippen LogP contribution in [0.1, 0.15) is 12.8 Å². The average molecular weight is 391 g/mol. The van der Waals surface area contributed by atoms with Gasteiger partial charge in [0.05, 0.1) is 17.2 Å². The van der Waals surface area contributed by atoms with Gasteiger partial charge in [-0.25, -0.2) is 13.4 Å². The molecule has 0 radical (unpaired) electrons. The summed E-state index contributed by atoms with van der Waals surface area (Å²) in [5, 5.41) is 3.24. The molecule has 1 atom stereocenters. The van der Waals surface area contributed by atoms with Crippen LogP contribution in [0, 0.1) is 0 Å². The summed E-state index contributed by atoms with van der Waals surface area (Å²) in [5.41, 5.74) is 1.80. The summed E-state index contributed by atoms with van der Waals surface area (Å²) < 4.78 is 28.8. The van der Waals surface area contributed by atoms with Crippen molar-refractivity contribution in [3.8, 4) is 11.3 Å². The van der Waals surface area contributed by atoms with Crippen molar-refractivity contribution in [1.82, 2.24) is 9.97 Å². The number of nitrogens with zero attached hydrogens (tertiary/aromatic N) is 3. The summed E-state index contributed by atoms with van der Waals surface area (Å²) >= 11 is 0. The highest BCUT2D eigenvalue weighted by atomic mass is 32.2. The lowest BCUT2D eigenvalue weighted by Gasteiger charge is -2.25. The van der Waals surface area contributed by atoms with Crippen LogP contribution in [-0.2, 0) is 14.6 Å². The van der Waals surface area contributed by atoms with Gasteiger partial charge >= 0.3 is 0 Å². The molecule has 1 aromatic heterocycles. The first-order chi connectivity index (χ1) is 13.0. The summed E-state index contributed by atoms with van der Waals surface area (Å²) in [6.45, 7) is 1.37. The number of rotatable bonds is 8. The van der Waals surface area contributed by atoms with E-state index in [0.717, 1.165) is 23.5 Å². The average Bonchev–Trinajstić information content (AvgIpc) is 3.05. The summed E-state index contributed by atoms with van der Waals surface area (Å²) in [6, 6.07) is 11.8. The van der Waals surface area contributed by atoms with Crippen LogP contribution >= 0.6 is 0 Å². The van der Waals surface area contributed by atoms with Crippen LogP contribution in [0.4, 0.5) is 11.8 Å². The van der Waals surface area contributed by atoms with Crippen LogP contribution in [0.15, 0.2) is 36.4 Å². The maximum absolute atomic E-state index is 11.9. The molecule has 1 aliphatic heterocycles. The molecule has 146 valence electrons. The standard InChI is InChI=1S/C19H26N4O3S/c1-23(16-9-12-27(24,25)14-16)18-13-17(15-7-4-3-5-8-15)21-19(22-18)20-10-6-11-26-2/h3-5,7-8,13,16H,6,9-12,14H2,1-2H3,(H,20,21,22). The van der Waals surface area contributed by atoms with Crippen LogP contribution in [-0.4, -0.2) is 63.2 Å². The van der Waals surface area contributed by atoms with Gasteiger partial charge in [-0.3, -0.25) is 0 Å². The van der Waals surface area contributed by atoms with E-state index in [9.17, 15) is 8.42 Å². The largest absolute Gasteiger partial charge is 0.385 e. The molecular weight excluding hydrogens is 364 g/mol. The van der Waals surface area contributed by atoms with Crippen molar-refractivity contribution in [3.63, 3.8) is 0 Å². The predicted molar refractivity (Wildman–Crippen MR) is 108 cm³/mol. The van der Waals surface area contributed by atoms with E-state index >= 15 is 0 Å². The van der Waals surface area contributed by atoms with Crippen LogP contribution in [0.5, 0.6) is 0 Å². The number of nitrogens with one attached hydrogen (secondary N) is 1. The van der Waals surface area contributed by atoms with E-state index in [4.69, 9.17) is 4.74 Å². The molecule has 2 aromatic rings. The van der Waals surface area contributed by atoms with Gasteiger partial charge in [-0.05, 0) is 12.8 Å². The Morgan fingerprint density at radius 1 is 1.26 bits per heavy atom. The number of ether oxygens (including phenoxy) is 1. The summed E-state index contributed by atoms with van der Waals surface area (Å²) in [4.78, 5) is 11.2. The molecule has 0 saturated carbocycles. The monoisotopic (exact) mass is 390 g/mol. The highest BCUT2D eigenvalue weighted by molar-refractivity contribution is 7.91. The number of sulfone groups is 1. The Kier molecular flexibility index (Phi) is 6.28. The van der Waals surface area contributed by atoms with E-state index < -0.39 is 9.84 Å². The molecule has 3 rings (SSSR count). The highest BCUT2D eigenvalue weighted by Crippen LogP contribution is 2.26. The Morgan fingerprint density at radius 3 is 2.70 bits per heavy atom. The SMILES string of the molecule is COCCCNc1nc(-c2ccccc2)cc(N(C)C2CCS(=O)(=O)C2)n1. The third-order valence-electron chi connectivity index (χ3n) is 4.71. The Hall–Kier alpha value is -2.19. The minimum Gasteiger partial charge on any atom is -0.385 e. The lowest BCUT2D eigenvalue weighted by Crippen LogP contribution is -2.33. The van der Waals surface area contributed by atoms with Crippen LogP contribution in [0.25, 0.3) is 11.3 Å². The zero-order valence-corrected chi connectivity index (χ0v) is 16.6. The van der Waals surface area contributed by atoms with Crippen molar-refractivity contribution in [2.75, 3.05) is 49.0 Å². The molecule has 0 spiro atoms. The smallest absolute Gasteiger partial charge is 0.225 e. The fourth-order valence-electron chi connectivity index (χ4n) is 3.14. The number of anilines is 2. The molecule has 1 saturated heterocycles. The number of hydrogen-bond donors (Lipinski definition) is 1. The maximum atomic E-state index is 11.9. The van der Waals surface area contributed by atoms with Gasteiger partial charge < -0.3 is 15.0 Å². The topological polar surface area (TPSA) is 84.4 Å². The van der Waals surface area contributed by atoms with E-state index in [1.54, 1.807) is 7.11 Å². The Balaban J connectivity index is 1.87. The normalized spacial score (nSPS) is 18.4. The van der Waals surface area contributed by atoms with Gasteiger partial charge in [0.1, 0.15) is 5.82 Å². The minimum atomic E-state index is -2.96. The van der Waals surface area contributed by atoms with Crippen molar-refractivity contribution >= 4 is 21.6 Å². The Labute approximate surface area is 160 Å². The van der Waals surface area contributed by atoms with Crippen molar-refractivity contribution < 1.29 is 13.2 Å². The fraction of sp³-hybridized carbons (Fsp3) is 0.474. The molecule has 1 fully saturated rings. The van der Waals surface area contributed by atoms with E-state index in [1.807, 2.05) is 48.3 Å². The molecule has 1 aromatic carbocycles. The van der Waals surface area contributed by atoms with E-state index in [1.165, 1.54) is 0 Å². The maximum Gasteiger partial charge on any atom is 0.225 e. The van der Waals surface area contributed by atoms with Gasteiger partial charge in [0, 0.05) is 45.0 Å². The number of hydrogen-bond acceptors (Lipinski definition) is 7. The van der Waals surface area contributed by atoms with Gasteiger partial charge in [-0.2, -0.15) is 4.98 Å². The molecule has 2 heterocycles. The van der Waals surface area contributed by atoms with Gasteiger partial charge in [-0.1, -0.05) is 30.3 Å². The number of benzene rings is 1. The van der Waals surface area contributed by atoms with Crippen molar-refractivity contribution in [2.24, 2.45) is 0 Å². The van der Waals surface area contributed by atoms with Gasteiger partial charge in [-0.15, -0.1) is 0 Å². The highest BCUT2D eigenvalue weighted by Gasteiger charge is 2.31. The lowest BCUT2D eigenvalue weighted by atomic mass is 10.1. The van der Waals surface area contributed by atoms with E-state index in [2.05, 4.69) is 15.3 Å². The Morgan fingerprint density at radius 2 is 2.04 bits per heavy atom. The molecule has 0 bridgehead atoms. The molecular formula is C19H26N4O3S. The van der Waals surface area contributed by atoms with Crippen molar-refractivity contribution in [3.05, 3.63) is 36.4 Å². The zero-order valence-electron chi connectivity index (χ0n) is 15.8. The molecule has 8 heteroatoms. The van der Waals surface area contributed by atoms with Gasteiger partial charge in [0.2, 0.25) is 5.95 Å². The Bertz CT molecular complexity index is 859. The first-order valence-electron chi connectivity index (χ1n) is 9.09. The second-order valence-electron chi connectivity index (χ2n) is 6.74. The minimum absolute atomic E-state index is 0.0603. The van der Waals surface area contributed by atoms with Crippen molar-refractivity contribution in [1.29, 1.82) is 0 Å². The van der Waals surface area contributed by atoms with Crippen LogP contribution in [0.2, 0.25) is 0 Å². The fourth-order valence-corrected chi connectivity index (χ4v) is 4.91. The summed E-state index contributed by atoms with van der Waals surface area (Å²) in [6.07, 6.45) is 1.47. The summed E-state index contributed by atoms with van der Waals surface area (Å²) in [7, 11) is 0.620. The molecule has 1 aliphatic rings. The third-order valence-corrected chi connectivity index (χ3v) is 6.46. The summed E-state index contributed by atoms with van der Waals surface area (Å²) in [5.74, 6) is 1.67. The molecule has 1 N–H and O–H groups in total. The first kappa shape index (κ1) is 19.6. The quantitative estimate of drug-likeness (QED) is 0.692. The molecule has 27 heavy (non-hydrogen) atoms.